The van der Waals surface area contributed by atoms with Crippen LogP contribution in [-0.4, -0.2) is 41.9 Å². The molecule has 0 unspecified atom stereocenters. The van der Waals surface area contributed by atoms with Crippen molar-refractivity contribution in [2.45, 2.75) is 6.04 Å². The summed E-state index contributed by atoms with van der Waals surface area (Å²) in [6.45, 7) is 2.81. The van der Waals surface area contributed by atoms with Crippen molar-refractivity contribution in [3.05, 3.63) is 107 Å². The normalized spacial score (nSPS) is 14.5. The Morgan fingerprint density at radius 3 is 1.83 bits per heavy atom. The molecule has 0 bridgehead atoms. The van der Waals surface area contributed by atoms with Gasteiger partial charge in [-0.05, 0) is 29.3 Å². The predicted molar refractivity (Wildman–Crippen MR) is 116 cm³/mol. The minimum absolute atomic E-state index is 0. The summed E-state index contributed by atoms with van der Waals surface area (Å²) in [4.78, 5) is 16.9. The molecule has 0 radical (unpaired) electrons. The first-order chi connectivity index (χ1) is 13.7. The summed E-state index contributed by atoms with van der Waals surface area (Å²) in [7, 11) is 0. The Morgan fingerprint density at radius 1 is 0.759 bits per heavy atom. The lowest BCUT2D eigenvalue weighted by Gasteiger charge is -2.39. The fourth-order valence-corrected chi connectivity index (χ4v) is 3.87. The number of carbonyl (C=O) groups is 1. The molecule has 0 N–H and O–H groups in total. The van der Waals surface area contributed by atoms with E-state index in [2.05, 4.69) is 53.4 Å². The van der Waals surface area contributed by atoms with E-state index in [1.165, 1.54) is 23.3 Å². The largest absolute Gasteiger partial charge is 0.336 e. The van der Waals surface area contributed by atoms with Gasteiger partial charge in [0, 0.05) is 31.7 Å². The third-order valence-electron chi connectivity index (χ3n) is 5.27. The van der Waals surface area contributed by atoms with Crippen LogP contribution in [0.3, 0.4) is 0 Å². The molecule has 4 rings (SSSR count). The molecule has 0 atom stereocenters. The average molecular weight is 411 g/mol. The lowest BCUT2D eigenvalue weighted by atomic mass is 9.96. The Hall–Kier alpha value is -2.69. The third kappa shape index (κ3) is 4.84. The topological polar surface area (TPSA) is 23.6 Å². The van der Waals surface area contributed by atoms with E-state index in [-0.39, 0.29) is 30.2 Å². The van der Waals surface area contributed by atoms with Crippen LogP contribution in [0.25, 0.3) is 0 Å². The van der Waals surface area contributed by atoms with Crippen molar-refractivity contribution in [3.8, 4) is 0 Å². The molecule has 1 amide bonds. The summed E-state index contributed by atoms with van der Waals surface area (Å²) in [5.41, 5.74) is 2.91. The van der Waals surface area contributed by atoms with Crippen molar-refractivity contribution < 1.29 is 9.18 Å². The molecule has 1 fully saturated rings. The maximum atomic E-state index is 13.5. The van der Waals surface area contributed by atoms with Crippen LogP contribution in [0.2, 0.25) is 0 Å². The highest BCUT2D eigenvalue weighted by Crippen LogP contribution is 2.29. The van der Waals surface area contributed by atoms with Crippen LogP contribution in [0.5, 0.6) is 0 Å². The van der Waals surface area contributed by atoms with Crippen LogP contribution in [0.4, 0.5) is 4.39 Å². The van der Waals surface area contributed by atoms with Crippen molar-refractivity contribution in [2.24, 2.45) is 0 Å². The fraction of sp³-hybridized carbons (Fsp3) is 0.208. The molecular formula is C24H24ClFN2O. The third-order valence-corrected chi connectivity index (χ3v) is 5.27. The van der Waals surface area contributed by atoms with Gasteiger partial charge in [-0.3, -0.25) is 9.69 Å². The van der Waals surface area contributed by atoms with Crippen molar-refractivity contribution >= 4 is 18.3 Å². The van der Waals surface area contributed by atoms with Gasteiger partial charge in [0.25, 0.3) is 5.91 Å². The van der Waals surface area contributed by atoms with Gasteiger partial charge in [-0.1, -0.05) is 66.7 Å². The maximum absolute atomic E-state index is 13.5. The van der Waals surface area contributed by atoms with Crippen molar-refractivity contribution in [3.63, 3.8) is 0 Å². The summed E-state index contributed by atoms with van der Waals surface area (Å²) in [6.07, 6.45) is 0. The zero-order valence-corrected chi connectivity index (χ0v) is 16.9. The SMILES string of the molecule is Cl.O=C(c1cccc(F)c1)N1CCN(C(c2ccccc2)c2ccccc2)CC1. The molecule has 150 valence electrons. The molecule has 5 heteroatoms. The number of nitrogens with zero attached hydrogens (tertiary/aromatic N) is 2. The van der Waals surface area contributed by atoms with Gasteiger partial charge in [-0.2, -0.15) is 0 Å². The van der Waals surface area contributed by atoms with Crippen molar-refractivity contribution in [1.82, 2.24) is 9.80 Å². The van der Waals surface area contributed by atoms with Gasteiger partial charge in [0.2, 0.25) is 0 Å². The second-order valence-electron chi connectivity index (χ2n) is 7.06. The van der Waals surface area contributed by atoms with Crippen molar-refractivity contribution in [2.75, 3.05) is 26.2 Å². The number of hydrogen-bond acceptors (Lipinski definition) is 2. The standard InChI is InChI=1S/C24H23FN2O.ClH/c25-22-13-7-12-21(18-22)24(28)27-16-14-26(15-17-27)23(19-8-3-1-4-9-19)20-10-5-2-6-11-20;/h1-13,18,23H,14-17H2;1H. The summed E-state index contributed by atoms with van der Waals surface area (Å²) < 4.78 is 13.5. The highest BCUT2D eigenvalue weighted by atomic mass is 35.5. The molecule has 0 saturated carbocycles. The number of amides is 1. The van der Waals surface area contributed by atoms with E-state index in [1.54, 1.807) is 12.1 Å². The Kier molecular flexibility index (Phi) is 7.02. The van der Waals surface area contributed by atoms with Crippen LogP contribution in [0, 0.1) is 5.82 Å². The molecule has 29 heavy (non-hydrogen) atoms. The molecule has 0 spiro atoms. The Balaban J connectivity index is 0.00000240. The molecule has 0 aliphatic carbocycles. The molecule has 3 aromatic carbocycles. The molecule has 1 saturated heterocycles. The fourth-order valence-electron chi connectivity index (χ4n) is 3.87. The van der Waals surface area contributed by atoms with Gasteiger partial charge in [0.05, 0.1) is 6.04 Å². The van der Waals surface area contributed by atoms with Gasteiger partial charge in [0.1, 0.15) is 5.82 Å². The van der Waals surface area contributed by atoms with Crippen LogP contribution in [0.15, 0.2) is 84.9 Å². The summed E-state index contributed by atoms with van der Waals surface area (Å²) >= 11 is 0. The van der Waals surface area contributed by atoms with Gasteiger partial charge < -0.3 is 4.90 Å². The Labute approximate surface area is 177 Å². The van der Waals surface area contributed by atoms with Gasteiger partial charge in [-0.15, -0.1) is 12.4 Å². The van der Waals surface area contributed by atoms with Crippen LogP contribution < -0.4 is 0 Å². The number of benzene rings is 3. The van der Waals surface area contributed by atoms with Crippen LogP contribution in [-0.2, 0) is 0 Å². The molecule has 0 aromatic heterocycles. The van der Waals surface area contributed by atoms with E-state index in [0.29, 0.717) is 18.7 Å². The number of halogens is 2. The summed E-state index contributed by atoms with van der Waals surface area (Å²) in [5.74, 6) is -0.479. The minimum atomic E-state index is -0.377. The first-order valence-corrected chi connectivity index (χ1v) is 9.61. The average Bonchev–Trinajstić information content (AvgIpc) is 2.75. The first kappa shape index (κ1) is 21.0. The zero-order chi connectivity index (χ0) is 19.3. The highest BCUT2D eigenvalue weighted by molar-refractivity contribution is 5.94. The molecule has 1 aliphatic heterocycles. The molecule has 3 aromatic rings. The Morgan fingerprint density at radius 2 is 1.31 bits per heavy atom. The maximum Gasteiger partial charge on any atom is 0.254 e. The second-order valence-corrected chi connectivity index (χ2v) is 7.06. The monoisotopic (exact) mass is 410 g/mol. The van der Waals surface area contributed by atoms with Gasteiger partial charge in [-0.25, -0.2) is 4.39 Å². The first-order valence-electron chi connectivity index (χ1n) is 9.61. The molecular weight excluding hydrogens is 387 g/mol. The van der Waals surface area contributed by atoms with Crippen LogP contribution >= 0.6 is 12.4 Å². The number of hydrogen-bond donors (Lipinski definition) is 0. The zero-order valence-electron chi connectivity index (χ0n) is 16.1. The van der Waals surface area contributed by atoms with Crippen molar-refractivity contribution in [1.29, 1.82) is 0 Å². The quantitative estimate of drug-likeness (QED) is 0.617. The van der Waals surface area contributed by atoms with Crippen LogP contribution in [0.1, 0.15) is 27.5 Å². The Bertz CT molecular complexity index is 888. The minimum Gasteiger partial charge on any atom is -0.336 e. The number of rotatable bonds is 4. The molecule has 3 nitrogen and oxygen atoms in total. The van der Waals surface area contributed by atoms with E-state index < -0.39 is 0 Å². The molecule has 1 heterocycles. The second kappa shape index (κ2) is 9.68. The lowest BCUT2D eigenvalue weighted by Crippen LogP contribution is -2.49. The predicted octanol–water partition coefficient (Wildman–Crippen LogP) is 4.79. The van der Waals surface area contributed by atoms with E-state index in [0.717, 1.165) is 13.1 Å². The van der Waals surface area contributed by atoms with E-state index in [1.807, 2.05) is 17.0 Å². The summed E-state index contributed by atoms with van der Waals surface area (Å²) in [5, 5.41) is 0. The van der Waals surface area contributed by atoms with Gasteiger partial charge in [0.15, 0.2) is 0 Å². The van der Waals surface area contributed by atoms with E-state index in [4.69, 9.17) is 0 Å². The van der Waals surface area contributed by atoms with Gasteiger partial charge >= 0.3 is 0 Å². The summed E-state index contributed by atoms with van der Waals surface area (Å²) in [6, 6.07) is 27.0. The van der Waals surface area contributed by atoms with E-state index in [9.17, 15) is 9.18 Å². The lowest BCUT2D eigenvalue weighted by molar-refractivity contribution is 0.0597. The number of piperazine rings is 1. The highest BCUT2D eigenvalue weighted by Gasteiger charge is 2.28. The smallest absolute Gasteiger partial charge is 0.254 e. The number of carbonyl (C=O) groups excluding carboxylic acids is 1. The molecule has 1 aliphatic rings. The van der Waals surface area contributed by atoms with E-state index >= 15 is 0 Å².